The molecule has 3 fully saturated rings. The third-order valence-corrected chi connectivity index (χ3v) is 19.3. The van der Waals surface area contributed by atoms with E-state index in [1.807, 2.05) is 46.9 Å². The molecule has 6 rings (SSSR count). The van der Waals surface area contributed by atoms with Crippen molar-refractivity contribution in [3.05, 3.63) is 118 Å². The third-order valence-electron chi connectivity index (χ3n) is 14.8. The fourth-order valence-corrected chi connectivity index (χ4v) is 12.1. The molecule has 3 aliphatic heterocycles. The van der Waals surface area contributed by atoms with Gasteiger partial charge in [-0.05, 0) is 65.8 Å². The highest BCUT2D eigenvalue weighted by molar-refractivity contribution is 6.74. The molecule has 23 nitrogen and oxygen atoms in total. The van der Waals surface area contributed by atoms with Crippen molar-refractivity contribution < 1.29 is 104 Å². The van der Waals surface area contributed by atoms with Crippen molar-refractivity contribution in [3.8, 4) is 0 Å². The molecule has 3 aliphatic rings. The number of benzene rings is 3. The van der Waals surface area contributed by atoms with Gasteiger partial charge in [0.25, 0.3) is 0 Å². The van der Waals surface area contributed by atoms with Crippen LogP contribution in [0.4, 0.5) is 8.78 Å². The Bertz CT molecular complexity index is 2760. The van der Waals surface area contributed by atoms with Crippen molar-refractivity contribution in [1.29, 1.82) is 0 Å². The zero-order chi connectivity index (χ0) is 60.9. The molecule has 0 aromatic heterocycles. The van der Waals surface area contributed by atoms with Crippen molar-refractivity contribution in [2.24, 2.45) is 11.0 Å². The van der Waals surface area contributed by atoms with Crippen LogP contribution in [0.15, 0.2) is 84.0 Å². The number of esters is 6. The highest BCUT2D eigenvalue weighted by Gasteiger charge is 2.60. The quantitative estimate of drug-likeness (QED) is 0.0206. The second kappa shape index (κ2) is 29.4. The SMILES string of the molecule is CC(=O)OC[C@H]1O[C@@H](O[C@H]2[C@H](O[C@@H]3O[C@@H](C)[C@@H](OC(C)=O)[C@@H](OC(C)=O)[C@@H]3OCc3ccccc3)[C@@H](N=[N+]=[N-])[C@H](O[Si](C)(C)C(C)(C)C(C)C)O[C@@H]2COCc2ccccc2)[C@H](OC(=O)c2cc(F)ccc2F)[C@@H](OC(C)=O)[C@H]1OC(C)=O. The molecule has 0 N–H and O–H groups in total. The van der Waals surface area contributed by atoms with E-state index in [0.29, 0.717) is 17.7 Å². The summed E-state index contributed by atoms with van der Waals surface area (Å²) in [6.07, 6.45) is -23.0. The van der Waals surface area contributed by atoms with Crippen molar-refractivity contribution in [2.45, 2.75) is 193 Å². The van der Waals surface area contributed by atoms with E-state index in [1.54, 1.807) is 54.6 Å². The van der Waals surface area contributed by atoms with Gasteiger partial charge in [0.1, 0.15) is 54.8 Å². The minimum absolute atomic E-state index is 0.0203. The van der Waals surface area contributed by atoms with Crippen molar-refractivity contribution in [1.82, 2.24) is 0 Å². The predicted octanol–water partition coefficient (Wildman–Crippen LogP) is 7.88. The van der Waals surface area contributed by atoms with Crippen LogP contribution in [0, 0.1) is 17.6 Å². The maximum Gasteiger partial charge on any atom is 0.341 e. The molecule has 83 heavy (non-hydrogen) atoms. The first-order valence-electron chi connectivity index (χ1n) is 27.0. The molecule has 0 bridgehead atoms. The Morgan fingerprint density at radius 1 is 0.627 bits per heavy atom. The van der Waals surface area contributed by atoms with Crippen LogP contribution in [0.5, 0.6) is 0 Å². The molecule has 3 saturated heterocycles. The number of nitrogens with zero attached hydrogens (tertiary/aromatic N) is 3. The maximum atomic E-state index is 15.5. The Kier molecular flexibility index (Phi) is 23.3. The summed E-state index contributed by atoms with van der Waals surface area (Å²) in [5, 5.41) is 3.74. The summed E-state index contributed by atoms with van der Waals surface area (Å²) in [4.78, 5) is 81.7. The van der Waals surface area contributed by atoms with Crippen LogP contribution in [0.25, 0.3) is 10.4 Å². The first-order chi connectivity index (χ1) is 39.2. The number of hydrogen-bond acceptors (Lipinski definition) is 21. The van der Waals surface area contributed by atoms with E-state index in [2.05, 4.69) is 10.0 Å². The molecular weight excluding hydrogens is 1110 g/mol. The van der Waals surface area contributed by atoms with Crippen molar-refractivity contribution in [2.75, 3.05) is 13.2 Å². The number of ether oxygens (including phenoxy) is 13. The fraction of sp³-hybridized carbons (Fsp3) is 0.579. The van der Waals surface area contributed by atoms with E-state index in [4.69, 9.17) is 66.0 Å². The van der Waals surface area contributed by atoms with Gasteiger partial charge in [-0.2, -0.15) is 0 Å². The summed E-state index contributed by atoms with van der Waals surface area (Å²) < 4.78 is 119. The van der Waals surface area contributed by atoms with Gasteiger partial charge in [-0.1, -0.05) is 93.5 Å². The van der Waals surface area contributed by atoms with Gasteiger partial charge in [0.2, 0.25) is 0 Å². The monoisotopic (exact) mass is 1190 g/mol. The van der Waals surface area contributed by atoms with Crippen LogP contribution < -0.4 is 0 Å². The van der Waals surface area contributed by atoms with Crippen LogP contribution >= 0.6 is 0 Å². The Morgan fingerprint density at radius 2 is 1.14 bits per heavy atom. The fourth-order valence-electron chi connectivity index (χ4n) is 9.59. The van der Waals surface area contributed by atoms with Gasteiger partial charge in [0.05, 0.1) is 31.5 Å². The molecule has 0 saturated carbocycles. The Balaban J connectivity index is 1.60. The Labute approximate surface area is 480 Å². The summed E-state index contributed by atoms with van der Waals surface area (Å²) >= 11 is 0. The van der Waals surface area contributed by atoms with Crippen molar-refractivity contribution >= 4 is 44.1 Å². The molecular formula is C57H73F2N3O20Si. The van der Waals surface area contributed by atoms with Gasteiger partial charge in [-0.25, -0.2) is 13.6 Å². The lowest BCUT2D eigenvalue weighted by Crippen LogP contribution is -2.68. The molecule has 15 atom stereocenters. The number of halogens is 2. The highest BCUT2D eigenvalue weighted by Crippen LogP contribution is 2.47. The number of carbonyl (C=O) groups excluding carboxylic acids is 6. The van der Waals surface area contributed by atoms with Crippen LogP contribution in [-0.4, -0.2) is 149 Å². The zero-order valence-electron chi connectivity index (χ0n) is 48.3. The zero-order valence-corrected chi connectivity index (χ0v) is 49.3. The van der Waals surface area contributed by atoms with E-state index < -0.39 is 172 Å². The van der Waals surface area contributed by atoms with Crippen LogP contribution in [-0.2, 0) is 103 Å². The molecule has 0 radical (unpaired) electrons. The molecule has 3 aromatic rings. The standard InChI is InChI=1S/C57H73F2N3O20Si/c1-30(2)57(9,10)83(11,12)82-54-44(61-62-60)48(81-55-51(71-27-38-21-17-14-18-22-38)49(75-35(7)66)45(31(3)72-55)73-33(5)64)46(42(77-54)28-69-26-37-19-15-13-16-20-37)80-56-52(79-53(68)40-25-39(58)23-24-41(40)59)50(76-36(8)67)47(74-34(6)65)43(78-56)29-70-32(4)63/h13-25,30-31,42-52,54-56H,26-29H2,1-12H3/t31-,42+,43+,44+,45+,46+,47-,48+,49+,50-,51-,52+,54-,55-,56-/m0/s1. The van der Waals surface area contributed by atoms with Gasteiger partial charge in [-0.3, -0.25) is 24.0 Å². The van der Waals surface area contributed by atoms with Crippen LogP contribution in [0.3, 0.4) is 0 Å². The topological polar surface area (TPSA) is 280 Å². The normalized spacial score (nSPS) is 28.2. The molecule has 3 aromatic carbocycles. The highest BCUT2D eigenvalue weighted by atomic mass is 28.4. The summed E-state index contributed by atoms with van der Waals surface area (Å²) in [5.74, 6) is -8.17. The number of carbonyl (C=O) groups is 6. The first kappa shape index (κ1) is 65.7. The summed E-state index contributed by atoms with van der Waals surface area (Å²) in [6.45, 7) is 17.6. The van der Waals surface area contributed by atoms with E-state index >= 15 is 4.39 Å². The van der Waals surface area contributed by atoms with Crippen molar-refractivity contribution in [3.63, 3.8) is 0 Å². The molecule has 0 unspecified atom stereocenters. The lowest BCUT2D eigenvalue weighted by atomic mass is 9.94. The second-order valence-corrected chi connectivity index (χ2v) is 26.1. The minimum atomic E-state index is -3.06. The second-order valence-electron chi connectivity index (χ2n) is 21.6. The third kappa shape index (κ3) is 17.3. The first-order valence-corrected chi connectivity index (χ1v) is 29.9. The van der Waals surface area contributed by atoms with E-state index in [9.17, 15) is 38.7 Å². The van der Waals surface area contributed by atoms with E-state index in [1.165, 1.54) is 6.92 Å². The van der Waals surface area contributed by atoms with Gasteiger partial charge >= 0.3 is 35.8 Å². The summed E-state index contributed by atoms with van der Waals surface area (Å²) in [7, 11) is -3.06. The number of rotatable bonds is 24. The number of hydrogen-bond donors (Lipinski definition) is 0. The Hall–Kier alpha value is -6.45. The lowest BCUT2D eigenvalue weighted by molar-refractivity contribution is -0.371. The molecule has 26 heteroatoms. The van der Waals surface area contributed by atoms with Gasteiger partial charge in [-0.15, -0.1) is 0 Å². The molecule has 454 valence electrons. The van der Waals surface area contributed by atoms with E-state index in [-0.39, 0.29) is 19.1 Å². The largest absolute Gasteiger partial charge is 0.463 e. The minimum Gasteiger partial charge on any atom is -0.463 e. The average Bonchev–Trinajstić information content (AvgIpc) is 2.19. The molecule has 0 aliphatic carbocycles. The predicted molar refractivity (Wildman–Crippen MR) is 287 cm³/mol. The number of azide groups is 1. The summed E-state index contributed by atoms with van der Waals surface area (Å²) in [6, 6.07) is 18.2. The van der Waals surface area contributed by atoms with Gasteiger partial charge in [0, 0.05) is 39.5 Å². The molecule has 0 spiro atoms. The smallest absolute Gasteiger partial charge is 0.341 e. The van der Waals surface area contributed by atoms with E-state index in [0.717, 1.165) is 46.2 Å². The van der Waals surface area contributed by atoms with Crippen LogP contribution in [0.2, 0.25) is 18.1 Å². The average molecular weight is 1190 g/mol. The van der Waals surface area contributed by atoms with Gasteiger partial charge < -0.3 is 66.0 Å². The van der Waals surface area contributed by atoms with Crippen LogP contribution in [0.1, 0.15) is 90.7 Å². The lowest BCUT2D eigenvalue weighted by Gasteiger charge is -2.52. The molecule has 0 amide bonds. The Morgan fingerprint density at radius 3 is 1.71 bits per heavy atom. The van der Waals surface area contributed by atoms with Gasteiger partial charge in [0.15, 0.2) is 57.7 Å². The summed E-state index contributed by atoms with van der Waals surface area (Å²) in [5.41, 5.74) is 11.0. The molecule has 3 heterocycles. The maximum absolute atomic E-state index is 15.5.